The normalized spacial score (nSPS) is 15.6. The second-order valence-corrected chi connectivity index (χ2v) is 6.46. The van der Waals surface area contributed by atoms with Gasteiger partial charge >= 0.3 is 0 Å². The number of carbonyl (C=O) groups is 2. The molecular weight excluding hydrogens is 290 g/mol. The van der Waals surface area contributed by atoms with E-state index in [4.69, 9.17) is 0 Å². The van der Waals surface area contributed by atoms with Gasteiger partial charge in [0.2, 0.25) is 11.8 Å². The number of hydrogen-bond acceptors (Lipinski definition) is 3. The molecule has 0 unspecified atom stereocenters. The summed E-state index contributed by atoms with van der Waals surface area (Å²) in [5.41, 5.74) is 2.31. The van der Waals surface area contributed by atoms with Crippen molar-refractivity contribution in [3.05, 3.63) is 35.4 Å². The maximum absolute atomic E-state index is 12.1. The van der Waals surface area contributed by atoms with Crippen LogP contribution in [0, 0.1) is 0 Å². The fraction of sp³-hybridized carbons (Fsp3) is 0.556. The Hall–Kier alpha value is -1.88. The van der Waals surface area contributed by atoms with Crippen molar-refractivity contribution in [2.24, 2.45) is 0 Å². The largest absolute Gasteiger partial charge is 0.350 e. The number of nitrogens with zero attached hydrogens (tertiary/aromatic N) is 2. The second kappa shape index (κ2) is 8.67. The molecule has 2 amide bonds. The molecule has 5 heteroatoms. The van der Waals surface area contributed by atoms with E-state index >= 15 is 0 Å². The monoisotopic (exact) mass is 317 g/mol. The lowest BCUT2D eigenvalue weighted by Crippen LogP contribution is -2.40. The third-order valence-electron chi connectivity index (χ3n) is 3.99. The van der Waals surface area contributed by atoms with Crippen LogP contribution in [-0.2, 0) is 22.7 Å². The van der Waals surface area contributed by atoms with E-state index in [0.717, 1.165) is 31.4 Å². The van der Waals surface area contributed by atoms with Crippen molar-refractivity contribution < 1.29 is 9.59 Å². The molecule has 0 aliphatic carbocycles. The Morgan fingerprint density at radius 2 is 2.00 bits per heavy atom. The van der Waals surface area contributed by atoms with E-state index in [2.05, 4.69) is 22.3 Å². The molecule has 23 heavy (non-hydrogen) atoms. The van der Waals surface area contributed by atoms with Gasteiger partial charge in [-0.1, -0.05) is 30.7 Å². The molecule has 126 valence electrons. The van der Waals surface area contributed by atoms with E-state index in [0.29, 0.717) is 19.5 Å². The van der Waals surface area contributed by atoms with Crippen LogP contribution in [0.15, 0.2) is 24.3 Å². The summed E-state index contributed by atoms with van der Waals surface area (Å²) in [5.74, 6) is 0.0175. The van der Waals surface area contributed by atoms with Crippen LogP contribution in [0.3, 0.4) is 0 Å². The van der Waals surface area contributed by atoms with E-state index in [1.807, 2.05) is 26.2 Å². The van der Waals surface area contributed by atoms with Crippen LogP contribution < -0.4 is 5.32 Å². The quantitative estimate of drug-likeness (QED) is 0.870. The zero-order chi connectivity index (χ0) is 16.7. The van der Waals surface area contributed by atoms with Crippen molar-refractivity contribution in [2.45, 2.75) is 38.8 Å². The minimum absolute atomic E-state index is 0.0849. The van der Waals surface area contributed by atoms with Crippen molar-refractivity contribution in [1.82, 2.24) is 15.1 Å². The molecule has 0 saturated carbocycles. The van der Waals surface area contributed by atoms with Gasteiger partial charge in [0.1, 0.15) is 0 Å². The molecule has 1 N–H and O–H groups in total. The summed E-state index contributed by atoms with van der Waals surface area (Å²) in [7, 11) is 4.07. The number of amides is 2. The first-order valence-corrected chi connectivity index (χ1v) is 8.31. The average Bonchev–Trinajstić information content (AvgIpc) is 2.70. The summed E-state index contributed by atoms with van der Waals surface area (Å²) in [5, 5.41) is 2.92. The van der Waals surface area contributed by atoms with E-state index in [1.54, 1.807) is 4.90 Å². The lowest BCUT2D eigenvalue weighted by Gasteiger charge is -2.19. The zero-order valence-corrected chi connectivity index (χ0v) is 14.2. The molecule has 1 fully saturated rings. The summed E-state index contributed by atoms with van der Waals surface area (Å²) in [6.07, 6.45) is 3.57. The van der Waals surface area contributed by atoms with Crippen molar-refractivity contribution >= 4 is 11.8 Å². The first kappa shape index (κ1) is 17.5. The minimum atomic E-state index is -0.0849. The summed E-state index contributed by atoms with van der Waals surface area (Å²) in [4.78, 5) is 27.8. The molecule has 5 nitrogen and oxygen atoms in total. The van der Waals surface area contributed by atoms with Crippen molar-refractivity contribution in [3.63, 3.8) is 0 Å². The second-order valence-electron chi connectivity index (χ2n) is 6.46. The SMILES string of the molecule is CN(C)Cc1cccc(CNC(=O)CN2CCCCCC2=O)c1. The number of rotatable bonds is 6. The van der Waals surface area contributed by atoms with Gasteiger partial charge in [0.15, 0.2) is 0 Å². The predicted octanol–water partition coefficient (Wildman–Crippen LogP) is 1.77. The number of carbonyl (C=O) groups excluding carboxylic acids is 2. The van der Waals surface area contributed by atoms with Gasteiger partial charge in [-0.3, -0.25) is 9.59 Å². The average molecular weight is 317 g/mol. The highest BCUT2D eigenvalue weighted by molar-refractivity contribution is 5.84. The van der Waals surface area contributed by atoms with Gasteiger partial charge in [-0.2, -0.15) is 0 Å². The summed E-state index contributed by atoms with van der Waals surface area (Å²) < 4.78 is 0. The first-order valence-electron chi connectivity index (χ1n) is 8.31. The van der Waals surface area contributed by atoms with Crippen molar-refractivity contribution in [2.75, 3.05) is 27.2 Å². The number of nitrogens with one attached hydrogen (secondary N) is 1. The fourth-order valence-corrected chi connectivity index (χ4v) is 2.84. The topological polar surface area (TPSA) is 52.7 Å². The standard InChI is InChI=1S/C18H27N3O2/c1-20(2)13-16-8-6-7-15(11-16)12-19-17(22)14-21-10-5-3-4-9-18(21)23/h6-8,11H,3-5,9-10,12-14H2,1-2H3,(H,19,22). The van der Waals surface area contributed by atoms with Crippen LogP contribution in [0.1, 0.15) is 36.8 Å². The third kappa shape index (κ3) is 6.02. The fourth-order valence-electron chi connectivity index (χ4n) is 2.84. The minimum Gasteiger partial charge on any atom is -0.350 e. The van der Waals surface area contributed by atoms with Crippen LogP contribution in [0.2, 0.25) is 0 Å². The van der Waals surface area contributed by atoms with Crippen molar-refractivity contribution in [3.8, 4) is 0 Å². The Morgan fingerprint density at radius 1 is 1.22 bits per heavy atom. The Bertz CT molecular complexity index is 543. The molecule has 1 heterocycles. The Balaban J connectivity index is 1.83. The summed E-state index contributed by atoms with van der Waals surface area (Å²) >= 11 is 0. The van der Waals surface area contributed by atoms with Crippen molar-refractivity contribution in [1.29, 1.82) is 0 Å². The van der Waals surface area contributed by atoms with E-state index < -0.39 is 0 Å². The Kier molecular flexibility index (Phi) is 6.59. The Labute approximate surface area is 138 Å². The highest BCUT2D eigenvalue weighted by atomic mass is 16.2. The molecule has 1 aromatic rings. The highest BCUT2D eigenvalue weighted by Crippen LogP contribution is 2.11. The van der Waals surface area contributed by atoms with Gasteiger partial charge in [-0.05, 0) is 38.1 Å². The molecule has 1 aromatic carbocycles. The molecule has 0 atom stereocenters. The maximum atomic E-state index is 12.1. The predicted molar refractivity (Wildman–Crippen MR) is 90.7 cm³/mol. The van der Waals surface area contributed by atoms with Crippen LogP contribution in [-0.4, -0.2) is 48.8 Å². The van der Waals surface area contributed by atoms with Gasteiger partial charge in [-0.25, -0.2) is 0 Å². The first-order chi connectivity index (χ1) is 11.0. The number of benzene rings is 1. The van der Waals surface area contributed by atoms with Gasteiger partial charge in [0.05, 0.1) is 6.54 Å². The van der Waals surface area contributed by atoms with Crippen LogP contribution >= 0.6 is 0 Å². The van der Waals surface area contributed by atoms with Crippen LogP contribution in [0.25, 0.3) is 0 Å². The molecule has 1 aliphatic heterocycles. The molecule has 0 aromatic heterocycles. The molecular formula is C18H27N3O2. The molecule has 1 aliphatic rings. The number of likely N-dealkylation sites (tertiary alicyclic amines) is 1. The van der Waals surface area contributed by atoms with E-state index in [1.165, 1.54) is 5.56 Å². The molecule has 1 saturated heterocycles. The van der Waals surface area contributed by atoms with Crippen LogP contribution in [0.5, 0.6) is 0 Å². The van der Waals surface area contributed by atoms with Gasteiger partial charge < -0.3 is 15.1 Å². The highest BCUT2D eigenvalue weighted by Gasteiger charge is 2.18. The van der Waals surface area contributed by atoms with E-state index in [-0.39, 0.29) is 18.4 Å². The van der Waals surface area contributed by atoms with Gasteiger partial charge in [0.25, 0.3) is 0 Å². The molecule has 2 rings (SSSR count). The lowest BCUT2D eigenvalue weighted by atomic mass is 10.1. The van der Waals surface area contributed by atoms with Gasteiger partial charge in [0, 0.05) is 26.1 Å². The molecule has 0 bridgehead atoms. The smallest absolute Gasteiger partial charge is 0.239 e. The summed E-state index contributed by atoms with van der Waals surface area (Å²) in [6.45, 7) is 2.26. The third-order valence-corrected chi connectivity index (χ3v) is 3.99. The van der Waals surface area contributed by atoms with E-state index in [9.17, 15) is 9.59 Å². The molecule has 0 spiro atoms. The number of hydrogen-bond donors (Lipinski definition) is 1. The maximum Gasteiger partial charge on any atom is 0.239 e. The zero-order valence-electron chi connectivity index (χ0n) is 14.2. The van der Waals surface area contributed by atoms with Crippen LogP contribution in [0.4, 0.5) is 0 Å². The Morgan fingerprint density at radius 3 is 2.78 bits per heavy atom. The lowest BCUT2D eigenvalue weighted by molar-refractivity contribution is -0.135. The molecule has 0 radical (unpaired) electrons. The van der Waals surface area contributed by atoms with Gasteiger partial charge in [-0.15, -0.1) is 0 Å². The summed E-state index contributed by atoms with van der Waals surface area (Å²) in [6, 6.07) is 8.22.